The Hall–Kier alpha value is -1.77. The van der Waals surface area contributed by atoms with Crippen LogP contribution in [0, 0.1) is 6.92 Å². The summed E-state index contributed by atoms with van der Waals surface area (Å²) in [5.41, 5.74) is 6.18. The molecule has 4 rings (SSSR count). The lowest BCUT2D eigenvalue weighted by Crippen LogP contribution is -2.17. The molecule has 0 fully saturated rings. The number of hydrogen-bond acceptors (Lipinski definition) is 1. The number of aryl methyl sites for hydroxylation is 1. The molecule has 2 aromatic carbocycles. The van der Waals surface area contributed by atoms with Crippen molar-refractivity contribution in [2.75, 3.05) is 13.1 Å². The van der Waals surface area contributed by atoms with Crippen LogP contribution in [0.25, 0.3) is 22.0 Å². The van der Waals surface area contributed by atoms with Crippen LogP contribution in [0.15, 0.2) is 42.5 Å². The summed E-state index contributed by atoms with van der Waals surface area (Å²) in [6.45, 7) is 5.20. The lowest BCUT2D eigenvalue weighted by atomic mass is 10.0. The maximum Gasteiger partial charge on any atom is 0.0513 e. The molecule has 0 amide bonds. The van der Waals surface area contributed by atoms with Gasteiger partial charge >= 0.3 is 0 Å². The molecule has 0 aliphatic carbocycles. The molecule has 0 spiro atoms. The molecule has 112 valence electrons. The van der Waals surface area contributed by atoms with Crippen LogP contribution >= 0.6 is 11.6 Å². The molecular formula is C19H19ClN2. The Labute approximate surface area is 135 Å². The van der Waals surface area contributed by atoms with Gasteiger partial charge in [0.2, 0.25) is 0 Å². The maximum atomic E-state index is 6.49. The van der Waals surface area contributed by atoms with Crippen molar-refractivity contribution in [2.45, 2.75) is 19.9 Å². The van der Waals surface area contributed by atoms with Crippen LogP contribution in [0.3, 0.4) is 0 Å². The van der Waals surface area contributed by atoms with E-state index in [0.717, 1.165) is 42.2 Å². The van der Waals surface area contributed by atoms with Gasteiger partial charge in [-0.2, -0.15) is 0 Å². The predicted molar refractivity (Wildman–Crippen MR) is 93.7 cm³/mol. The van der Waals surface area contributed by atoms with Crippen molar-refractivity contribution < 1.29 is 0 Å². The fraction of sp³-hybridized carbons (Fsp3) is 0.263. The molecule has 2 nitrogen and oxygen atoms in total. The van der Waals surface area contributed by atoms with Crippen LogP contribution < -0.4 is 5.32 Å². The fourth-order valence-electron chi connectivity index (χ4n) is 3.37. The first-order valence-corrected chi connectivity index (χ1v) is 8.20. The minimum absolute atomic E-state index is 0.854. The van der Waals surface area contributed by atoms with Crippen molar-refractivity contribution in [1.29, 1.82) is 0 Å². The molecule has 1 aliphatic rings. The number of nitrogens with one attached hydrogen (secondary N) is 1. The second-order valence-corrected chi connectivity index (χ2v) is 6.38. The highest BCUT2D eigenvalue weighted by atomic mass is 35.5. The van der Waals surface area contributed by atoms with Gasteiger partial charge < -0.3 is 9.88 Å². The van der Waals surface area contributed by atoms with Crippen LogP contribution in [-0.4, -0.2) is 17.7 Å². The van der Waals surface area contributed by atoms with E-state index in [1.165, 1.54) is 22.2 Å². The molecule has 0 bridgehead atoms. The summed E-state index contributed by atoms with van der Waals surface area (Å²) < 4.78 is 2.44. The highest BCUT2D eigenvalue weighted by Crippen LogP contribution is 2.33. The highest BCUT2D eigenvalue weighted by molar-refractivity contribution is 6.34. The van der Waals surface area contributed by atoms with Gasteiger partial charge in [0.15, 0.2) is 0 Å². The zero-order valence-electron chi connectivity index (χ0n) is 12.7. The first-order valence-electron chi connectivity index (χ1n) is 7.82. The van der Waals surface area contributed by atoms with E-state index in [9.17, 15) is 0 Å². The predicted octanol–water partition coefficient (Wildman–Crippen LogP) is 4.42. The summed E-state index contributed by atoms with van der Waals surface area (Å²) >= 11 is 6.49. The van der Waals surface area contributed by atoms with Crippen molar-refractivity contribution in [2.24, 2.45) is 0 Å². The molecule has 0 saturated carbocycles. The monoisotopic (exact) mass is 310 g/mol. The fourth-order valence-corrected chi connectivity index (χ4v) is 3.60. The average molecular weight is 311 g/mol. The standard InChI is InChI=1S/C19H19ClN2/c1-13-3-2-4-17(19(13)20)14-5-6-18-15(11-14)12-16-7-8-21-9-10-22(16)18/h2-6,11-12,21H,7-10H2,1H3. The Morgan fingerprint density at radius 2 is 2.00 bits per heavy atom. The van der Waals surface area contributed by atoms with Crippen LogP contribution in [0.4, 0.5) is 0 Å². The van der Waals surface area contributed by atoms with Gasteiger partial charge in [0.25, 0.3) is 0 Å². The summed E-state index contributed by atoms with van der Waals surface area (Å²) in [5.74, 6) is 0. The van der Waals surface area contributed by atoms with E-state index in [-0.39, 0.29) is 0 Å². The van der Waals surface area contributed by atoms with E-state index in [1.54, 1.807) is 0 Å². The smallest absolute Gasteiger partial charge is 0.0513 e. The Balaban J connectivity index is 1.86. The van der Waals surface area contributed by atoms with E-state index in [0.29, 0.717) is 0 Å². The first kappa shape index (κ1) is 13.9. The Kier molecular flexibility index (Phi) is 3.44. The molecule has 0 atom stereocenters. The molecule has 2 heterocycles. The summed E-state index contributed by atoms with van der Waals surface area (Å²) in [6.07, 6.45) is 1.09. The zero-order valence-corrected chi connectivity index (χ0v) is 13.5. The molecule has 0 unspecified atom stereocenters. The maximum absolute atomic E-state index is 6.49. The van der Waals surface area contributed by atoms with Crippen LogP contribution in [0.2, 0.25) is 5.02 Å². The van der Waals surface area contributed by atoms with Gasteiger partial charge in [0.1, 0.15) is 0 Å². The summed E-state index contributed by atoms with van der Waals surface area (Å²) in [4.78, 5) is 0. The normalized spacial score (nSPS) is 14.8. The number of fused-ring (bicyclic) bond motifs is 3. The van der Waals surface area contributed by atoms with Gasteiger partial charge in [0.05, 0.1) is 5.02 Å². The largest absolute Gasteiger partial charge is 0.343 e. The van der Waals surface area contributed by atoms with Crippen LogP contribution in [-0.2, 0) is 13.0 Å². The molecule has 1 aliphatic heterocycles. The molecule has 3 heteroatoms. The van der Waals surface area contributed by atoms with Crippen molar-refractivity contribution in [3.05, 3.63) is 58.7 Å². The van der Waals surface area contributed by atoms with Crippen molar-refractivity contribution >= 4 is 22.5 Å². The van der Waals surface area contributed by atoms with Gasteiger partial charge in [-0.1, -0.05) is 35.9 Å². The second kappa shape index (κ2) is 5.45. The summed E-state index contributed by atoms with van der Waals surface area (Å²) in [6, 6.07) is 15.2. The minimum Gasteiger partial charge on any atom is -0.343 e. The topological polar surface area (TPSA) is 17.0 Å². The number of aromatic nitrogens is 1. The van der Waals surface area contributed by atoms with E-state index in [4.69, 9.17) is 11.6 Å². The molecule has 1 aromatic heterocycles. The van der Waals surface area contributed by atoms with Crippen molar-refractivity contribution in [3.63, 3.8) is 0 Å². The van der Waals surface area contributed by atoms with Gasteiger partial charge in [0, 0.05) is 48.2 Å². The molecule has 0 radical (unpaired) electrons. The van der Waals surface area contributed by atoms with Crippen molar-refractivity contribution in [1.82, 2.24) is 9.88 Å². The van der Waals surface area contributed by atoms with Crippen LogP contribution in [0.1, 0.15) is 11.3 Å². The third-order valence-corrected chi connectivity index (χ3v) is 5.06. The van der Waals surface area contributed by atoms with E-state index >= 15 is 0 Å². The first-order chi connectivity index (χ1) is 10.7. The van der Waals surface area contributed by atoms with E-state index < -0.39 is 0 Å². The molecule has 3 aromatic rings. The SMILES string of the molecule is Cc1cccc(-c2ccc3c(c2)cc2n3CCNCC2)c1Cl. The molecular weight excluding hydrogens is 292 g/mol. The number of halogens is 1. The number of benzene rings is 2. The lowest BCUT2D eigenvalue weighted by Gasteiger charge is -2.09. The van der Waals surface area contributed by atoms with Gasteiger partial charge in [-0.25, -0.2) is 0 Å². The third-order valence-electron chi connectivity index (χ3n) is 4.56. The summed E-state index contributed by atoms with van der Waals surface area (Å²) in [5, 5.41) is 5.62. The van der Waals surface area contributed by atoms with Crippen molar-refractivity contribution in [3.8, 4) is 11.1 Å². The molecule has 0 saturated heterocycles. The van der Waals surface area contributed by atoms with Crippen LogP contribution in [0.5, 0.6) is 0 Å². The zero-order chi connectivity index (χ0) is 15.1. The number of hydrogen-bond donors (Lipinski definition) is 1. The third kappa shape index (κ3) is 2.23. The van der Waals surface area contributed by atoms with E-state index in [1.807, 2.05) is 0 Å². The highest BCUT2D eigenvalue weighted by Gasteiger charge is 2.13. The number of rotatable bonds is 1. The summed E-state index contributed by atoms with van der Waals surface area (Å²) in [7, 11) is 0. The van der Waals surface area contributed by atoms with Gasteiger partial charge in [-0.05, 0) is 36.2 Å². The van der Waals surface area contributed by atoms with E-state index in [2.05, 4.69) is 59.3 Å². The number of nitrogens with zero attached hydrogens (tertiary/aromatic N) is 1. The second-order valence-electron chi connectivity index (χ2n) is 6.00. The Bertz CT molecular complexity index is 848. The average Bonchev–Trinajstić information content (AvgIpc) is 2.70. The molecule has 1 N–H and O–H groups in total. The quantitative estimate of drug-likeness (QED) is 0.704. The van der Waals surface area contributed by atoms with Gasteiger partial charge in [-0.15, -0.1) is 0 Å². The minimum atomic E-state index is 0.854. The molecule has 22 heavy (non-hydrogen) atoms. The Morgan fingerprint density at radius 3 is 2.91 bits per heavy atom. The van der Waals surface area contributed by atoms with Gasteiger partial charge in [-0.3, -0.25) is 0 Å². The lowest BCUT2D eigenvalue weighted by molar-refractivity contribution is 0.658. The Morgan fingerprint density at radius 1 is 1.09 bits per heavy atom.